The Hall–Kier alpha value is -4.12. The van der Waals surface area contributed by atoms with Crippen molar-refractivity contribution in [2.24, 2.45) is 0 Å². The summed E-state index contributed by atoms with van der Waals surface area (Å²) in [5.74, 6) is 0.493. The van der Waals surface area contributed by atoms with Gasteiger partial charge in [-0.05, 0) is 31.2 Å². The molecule has 32 heavy (non-hydrogen) atoms. The molecular formula is C21H21N7O4. The number of ether oxygens (including phenoxy) is 1. The van der Waals surface area contributed by atoms with E-state index in [2.05, 4.69) is 20.5 Å². The molecule has 2 heterocycles. The summed E-state index contributed by atoms with van der Waals surface area (Å²) >= 11 is 0. The number of morpholine rings is 1. The Bertz CT molecular complexity index is 1160. The zero-order valence-corrected chi connectivity index (χ0v) is 17.3. The fourth-order valence-electron chi connectivity index (χ4n) is 3.39. The van der Waals surface area contributed by atoms with E-state index in [0.29, 0.717) is 48.7 Å². The number of nitrogens with one attached hydrogen (secondary N) is 1. The Morgan fingerprint density at radius 2 is 1.88 bits per heavy atom. The summed E-state index contributed by atoms with van der Waals surface area (Å²) < 4.78 is 5.28. The van der Waals surface area contributed by atoms with Crippen LogP contribution in [0.1, 0.15) is 15.9 Å². The molecular weight excluding hydrogens is 414 g/mol. The number of carbonyl (C=O) groups excluding carboxylic acids is 1. The number of benzene rings is 2. The molecule has 4 rings (SSSR count). The van der Waals surface area contributed by atoms with Gasteiger partial charge in [0.05, 0.1) is 18.1 Å². The number of amides is 1. The molecule has 1 fully saturated rings. The number of hydrogen-bond donors (Lipinski definition) is 2. The largest absolute Gasteiger partial charge is 0.379 e. The molecule has 1 amide bonds. The lowest BCUT2D eigenvalue weighted by Crippen LogP contribution is -2.40. The van der Waals surface area contributed by atoms with Crippen LogP contribution >= 0.6 is 0 Å². The normalized spacial score (nSPS) is 13.6. The van der Waals surface area contributed by atoms with Crippen LogP contribution in [0.25, 0.3) is 11.4 Å². The SMILES string of the molecule is Cc1c(-c2nnc(N)c(Nc3ccc(C(=O)N4CCOCC4)cc3)n2)cccc1[N+](=O)[O-]. The molecule has 164 valence electrons. The van der Waals surface area contributed by atoms with Crippen LogP contribution in [0.3, 0.4) is 0 Å². The van der Waals surface area contributed by atoms with Gasteiger partial charge in [-0.2, -0.15) is 0 Å². The van der Waals surface area contributed by atoms with Crippen LogP contribution in [-0.4, -0.2) is 57.2 Å². The molecule has 0 bridgehead atoms. The van der Waals surface area contributed by atoms with Gasteiger partial charge in [-0.25, -0.2) is 4.98 Å². The lowest BCUT2D eigenvalue weighted by atomic mass is 10.1. The maximum absolute atomic E-state index is 12.6. The summed E-state index contributed by atoms with van der Waals surface area (Å²) in [6.45, 7) is 3.85. The van der Waals surface area contributed by atoms with Gasteiger partial charge >= 0.3 is 0 Å². The van der Waals surface area contributed by atoms with Crippen molar-refractivity contribution in [3.63, 3.8) is 0 Å². The molecule has 1 saturated heterocycles. The minimum absolute atomic E-state index is 0.0297. The number of nitro groups is 1. The van der Waals surface area contributed by atoms with Gasteiger partial charge in [0, 0.05) is 41.5 Å². The highest BCUT2D eigenvalue weighted by Crippen LogP contribution is 2.29. The van der Waals surface area contributed by atoms with E-state index in [1.807, 2.05) is 0 Å². The van der Waals surface area contributed by atoms with E-state index in [1.54, 1.807) is 48.2 Å². The number of anilines is 3. The first-order valence-corrected chi connectivity index (χ1v) is 9.92. The zero-order chi connectivity index (χ0) is 22.7. The van der Waals surface area contributed by atoms with E-state index >= 15 is 0 Å². The Labute approximate surface area is 183 Å². The van der Waals surface area contributed by atoms with Gasteiger partial charge in [-0.15, -0.1) is 10.2 Å². The monoisotopic (exact) mass is 435 g/mol. The average Bonchev–Trinajstić information content (AvgIpc) is 2.81. The average molecular weight is 435 g/mol. The summed E-state index contributed by atoms with van der Waals surface area (Å²) in [7, 11) is 0. The standard InChI is InChI=1S/C21H21N7O4/c1-13-16(3-2-4-17(13)28(30)31)19-24-20(18(22)25-26-19)23-15-7-5-14(6-8-15)21(29)27-9-11-32-12-10-27/h2-8H,9-12H2,1H3,(H2,22,25)(H,23,24,26). The molecule has 0 spiro atoms. The van der Waals surface area contributed by atoms with Gasteiger partial charge in [-0.1, -0.05) is 12.1 Å². The molecule has 1 aliphatic heterocycles. The molecule has 0 radical (unpaired) electrons. The number of rotatable bonds is 5. The second-order valence-corrected chi connectivity index (χ2v) is 7.18. The van der Waals surface area contributed by atoms with Gasteiger partial charge in [0.25, 0.3) is 11.6 Å². The van der Waals surface area contributed by atoms with Crippen molar-refractivity contribution >= 4 is 28.9 Å². The number of carbonyl (C=O) groups is 1. The van der Waals surface area contributed by atoms with Crippen LogP contribution in [-0.2, 0) is 4.74 Å². The Morgan fingerprint density at radius 3 is 2.56 bits per heavy atom. The molecule has 3 aromatic rings. The highest BCUT2D eigenvalue weighted by molar-refractivity contribution is 5.94. The summed E-state index contributed by atoms with van der Waals surface area (Å²) in [4.78, 5) is 29.5. The minimum atomic E-state index is -0.456. The lowest BCUT2D eigenvalue weighted by Gasteiger charge is -2.26. The summed E-state index contributed by atoms with van der Waals surface area (Å²) in [5, 5.41) is 22.2. The van der Waals surface area contributed by atoms with Crippen LogP contribution in [0.5, 0.6) is 0 Å². The van der Waals surface area contributed by atoms with Crippen molar-refractivity contribution in [1.29, 1.82) is 0 Å². The van der Waals surface area contributed by atoms with Gasteiger partial charge in [0.1, 0.15) is 0 Å². The topological polar surface area (TPSA) is 149 Å². The predicted octanol–water partition coefficient (Wildman–Crippen LogP) is 2.55. The number of nitro benzene ring substituents is 1. The van der Waals surface area contributed by atoms with Crippen molar-refractivity contribution in [2.45, 2.75) is 6.92 Å². The van der Waals surface area contributed by atoms with Gasteiger partial charge < -0.3 is 20.7 Å². The first kappa shape index (κ1) is 21.1. The maximum atomic E-state index is 12.6. The molecule has 1 aliphatic rings. The van der Waals surface area contributed by atoms with E-state index in [0.717, 1.165) is 0 Å². The van der Waals surface area contributed by atoms with E-state index < -0.39 is 4.92 Å². The molecule has 0 atom stereocenters. The number of aromatic nitrogens is 3. The highest BCUT2D eigenvalue weighted by atomic mass is 16.6. The maximum Gasteiger partial charge on any atom is 0.273 e. The second kappa shape index (κ2) is 8.94. The second-order valence-electron chi connectivity index (χ2n) is 7.18. The van der Waals surface area contributed by atoms with Crippen molar-refractivity contribution < 1.29 is 14.5 Å². The number of nitrogen functional groups attached to an aromatic ring is 1. The third kappa shape index (κ3) is 4.32. The minimum Gasteiger partial charge on any atom is -0.379 e. The van der Waals surface area contributed by atoms with E-state index in [1.165, 1.54) is 6.07 Å². The number of nitrogens with zero attached hydrogens (tertiary/aromatic N) is 5. The first-order chi connectivity index (χ1) is 15.4. The molecule has 3 N–H and O–H groups in total. The third-order valence-corrected chi connectivity index (χ3v) is 5.15. The van der Waals surface area contributed by atoms with Crippen LogP contribution in [0, 0.1) is 17.0 Å². The summed E-state index contributed by atoms with van der Waals surface area (Å²) in [6.07, 6.45) is 0. The van der Waals surface area contributed by atoms with Crippen molar-refractivity contribution in [1.82, 2.24) is 20.1 Å². The van der Waals surface area contributed by atoms with Gasteiger partial charge in [0.2, 0.25) is 0 Å². The molecule has 0 unspecified atom stereocenters. The van der Waals surface area contributed by atoms with Crippen molar-refractivity contribution in [3.05, 3.63) is 63.7 Å². The molecule has 2 aromatic carbocycles. The van der Waals surface area contributed by atoms with Gasteiger partial charge in [-0.3, -0.25) is 14.9 Å². The van der Waals surface area contributed by atoms with E-state index in [-0.39, 0.29) is 29.1 Å². The first-order valence-electron chi connectivity index (χ1n) is 9.92. The predicted molar refractivity (Wildman–Crippen MR) is 118 cm³/mol. The summed E-state index contributed by atoms with van der Waals surface area (Å²) in [5.41, 5.74) is 8.04. The van der Waals surface area contributed by atoms with Gasteiger partial charge in [0.15, 0.2) is 17.5 Å². The van der Waals surface area contributed by atoms with Crippen molar-refractivity contribution in [2.75, 3.05) is 37.4 Å². The smallest absolute Gasteiger partial charge is 0.273 e. The fourth-order valence-corrected chi connectivity index (χ4v) is 3.39. The highest BCUT2D eigenvalue weighted by Gasteiger charge is 2.19. The molecule has 11 nitrogen and oxygen atoms in total. The lowest BCUT2D eigenvalue weighted by molar-refractivity contribution is -0.385. The Kier molecular flexibility index (Phi) is 5.90. The van der Waals surface area contributed by atoms with Crippen LogP contribution in [0.15, 0.2) is 42.5 Å². The third-order valence-electron chi connectivity index (χ3n) is 5.15. The van der Waals surface area contributed by atoms with E-state index in [9.17, 15) is 14.9 Å². The van der Waals surface area contributed by atoms with Crippen LogP contribution in [0.4, 0.5) is 23.0 Å². The van der Waals surface area contributed by atoms with E-state index in [4.69, 9.17) is 10.5 Å². The molecule has 0 aliphatic carbocycles. The Balaban J connectivity index is 1.56. The molecule has 1 aromatic heterocycles. The molecule has 0 saturated carbocycles. The fraction of sp³-hybridized carbons (Fsp3) is 0.238. The number of hydrogen-bond acceptors (Lipinski definition) is 9. The van der Waals surface area contributed by atoms with Crippen LogP contribution < -0.4 is 11.1 Å². The Morgan fingerprint density at radius 1 is 1.16 bits per heavy atom. The number of nitrogens with two attached hydrogens (primary N) is 1. The summed E-state index contributed by atoms with van der Waals surface area (Å²) in [6, 6.07) is 11.6. The molecule has 11 heteroatoms. The zero-order valence-electron chi connectivity index (χ0n) is 17.3. The van der Waals surface area contributed by atoms with Crippen molar-refractivity contribution in [3.8, 4) is 11.4 Å². The quantitative estimate of drug-likeness (QED) is 0.455. The van der Waals surface area contributed by atoms with Crippen LogP contribution in [0.2, 0.25) is 0 Å².